The third-order valence-electron chi connectivity index (χ3n) is 4.05. The first-order valence-corrected chi connectivity index (χ1v) is 7.63. The molecule has 21 heavy (non-hydrogen) atoms. The fraction of sp³-hybridized carbons (Fsp3) is 0.647. The van der Waals surface area contributed by atoms with Crippen LogP contribution in [0.5, 0.6) is 0 Å². The van der Waals surface area contributed by atoms with E-state index in [1.165, 1.54) is 16.7 Å². The summed E-state index contributed by atoms with van der Waals surface area (Å²) in [6.07, 6.45) is 1.00. The highest BCUT2D eigenvalue weighted by Crippen LogP contribution is 2.25. The van der Waals surface area contributed by atoms with E-state index >= 15 is 0 Å². The number of nitrogens with two attached hydrogens (primary N) is 1. The van der Waals surface area contributed by atoms with Gasteiger partial charge in [0.15, 0.2) is 0 Å². The molecule has 0 amide bonds. The van der Waals surface area contributed by atoms with Crippen LogP contribution in [0, 0.1) is 13.8 Å². The number of benzene rings is 1. The highest BCUT2D eigenvalue weighted by atomic mass is 16.5. The standard InChI is InChI=1S/C17H30N2O2/c1-14-7-5-8-16(15(14)2)17(13-18)19(10-12-21-4)9-6-11-20-3/h5,7-8,17H,6,9-13,18H2,1-4H3. The molecule has 1 rings (SSSR count). The molecular formula is C17H30N2O2. The number of rotatable bonds is 10. The number of aryl methyl sites for hydroxylation is 1. The van der Waals surface area contributed by atoms with Crippen LogP contribution in [0.15, 0.2) is 18.2 Å². The van der Waals surface area contributed by atoms with E-state index in [0.29, 0.717) is 13.2 Å². The van der Waals surface area contributed by atoms with Crippen LogP contribution in [-0.4, -0.2) is 52.0 Å². The Labute approximate surface area is 129 Å². The zero-order chi connectivity index (χ0) is 15.7. The predicted octanol–water partition coefficient (Wildman–Crippen LogP) is 2.29. The van der Waals surface area contributed by atoms with E-state index in [0.717, 1.165) is 26.1 Å². The Hall–Kier alpha value is -0.940. The number of hydrogen-bond donors (Lipinski definition) is 1. The molecule has 0 aliphatic carbocycles. The smallest absolute Gasteiger partial charge is 0.0589 e. The molecule has 0 aliphatic heterocycles. The quantitative estimate of drug-likeness (QED) is 0.673. The van der Waals surface area contributed by atoms with Gasteiger partial charge in [0.1, 0.15) is 0 Å². The number of ether oxygens (including phenoxy) is 2. The highest BCUT2D eigenvalue weighted by Gasteiger charge is 2.20. The summed E-state index contributed by atoms with van der Waals surface area (Å²) < 4.78 is 10.4. The van der Waals surface area contributed by atoms with E-state index in [1.54, 1.807) is 14.2 Å². The van der Waals surface area contributed by atoms with Crippen molar-refractivity contribution in [3.8, 4) is 0 Å². The fourth-order valence-electron chi connectivity index (χ4n) is 2.65. The van der Waals surface area contributed by atoms with Crippen LogP contribution in [0.1, 0.15) is 29.2 Å². The lowest BCUT2D eigenvalue weighted by atomic mass is 9.96. The average molecular weight is 294 g/mol. The van der Waals surface area contributed by atoms with Crippen LogP contribution in [0.25, 0.3) is 0 Å². The van der Waals surface area contributed by atoms with Crippen molar-refractivity contribution in [2.45, 2.75) is 26.3 Å². The van der Waals surface area contributed by atoms with Crippen molar-refractivity contribution in [1.29, 1.82) is 0 Å². The Morgan fingerprint density at radius 1 is 1.10 bits per heavy atom. The van der Waals surface area contributed by atoms with Gasteiger partial charge in [0.05, 0.1) is 6.61 Å². The van der Waals surface area contributed by atoms with Crippen molar-refractivity contribution >= 4 is 0 Å². The zero-order valence-corrected chi connectivity index (χ0v) is 13.9. The Morgan fingerprint density at radius 2 is 1.81 bits per heavy atom. The molecule has 1 atom stereocenters. The minimum absolute atomic E-state index is 0.233. The van der Waals surface area contributed by atoms with Gasteiger partial charge < -0.3 is 15.2 Å². The van der Waals surface area contributed by atoms with Gasteiger partial charge in [-0.1, -0.05) is 18.2 Å². The van der Waals surface area contributed by atoms with Gasteiger partial charge in [-0.3, -0.25) is 4.90 Å². The predicted molar refractivity (Wildman–Crippen MR) is 87.7 cm³/mol. The normalized spacial score (nSPS) is 12.9. The van der Waals surface area contributed by atoms with Crippen LogP contribution in [0.2, 0.25) is 0 Å². The molecule has 0 fully saturated rings. The lowest BCUT2D eigenvalue weighted by molar-refractivity contribution is 0.108. The van der Waals surface area contributed by atoms with E-state index in [-0.39, 0.29) is 6.04 Å². The molecule has 2 N–H and O–H groups in total. The molecule has 4 heteroatoms. The summed E-state index contributed by atoms with van der Waals surface area (Å²) in [5.74, 6) is 0. The summed E-state index contributed by atoms with van der Waals surface area (Å²) in [7, 11) is 3.48. The van der Waals surface area contributed by atoms with Gasteiger partial charge in [-0.2, -0.15) is 0 Å². The lowest BCUT2D eigenvalue weighted by Crippen LogP contribution is -2.37. The van der Waals surface area contributed by atoms with E-state index < -0.39 is 0 Å². The summed E-state index contributed by atoms with van der Waals surface area (Å²) in [5.41, 5.74) is 10.1. The summed E-state index contributed by atoms with van der Waals surface area (Å²) >= 11 is 0. The van der Waals surface area contributed by atoms with E-state index in [4.69, 9.17) is 15.2 Å². The molecule has 120 valence electrons. The van der Waals surface area contributed by atoms with Crippen LogP contribution in [0.4, 0.5) is 0 Å². The Morgan fingerprint density at radius 3 is 2.43 bits per heavy atom. The molecule has 0 heterocycles. The van der Waals surface area contributed by atoms with E-state index in [1.807, 2.05) is 0 Å². The maximum atomic E-state index is 6.09. The van der Waals surface area contributed by atoms with Crippen molar-refractivity contribution in [3.63, 3.8) is 0 Å². The van der Waals surface area contributed by atoms with E-state index in [2.05, 4.69) is 36.9 Å². The average Bonchev–Trinajstić information content (AvgIpc) is 2.49. The van der Waals surface area contributed by atoms with Gasteiger partial charge in [-0.05, 0) is 37.0 Å². The first-order chi connectivity index (χ1) is 10.2. The molecule has 1 aromatic carbocycles. The molecule has 0 saturated heterocycles. The van der Waals surface area contributed by atoms with Crippen molar-refractivity contribution in [2.75, 3.05) is 47.1 Å². The zero-order valence-electron chi connectivity index (χ0n) is 13.9. The third kappa shape index (κ3) is 5.40. The molecule has 1 unspecified atom stereocenters. The van der Waals surface area contributed by atoms with Crippen LogP contribution in [0.3, 0.4) is 0 Å². The largest absolute Gasteiger partial charge is 0.385 e. The van der Waals surface area contributed by atoms with Gasteiger partial charge in [-0.25, -0.2) is 0 Å². The second-order valence-corrected chi connectivity index (χ2v) is 5.42. The van der Waals surface area contributed by atoms with Crippen molar-refractivity contribution in [1.82, 2.24) is 4.90 Å². The monoisotopic (exact) mass is 294 g/mol. The van der Waals surface area contributed by atoms with E-state index in [9.17, 15) is 0 Å². The number of nitrogens with zero attached hydrogens (tertiary/aromatic N) is 1. The molecule has 1 aromatic rings. The summed E-state index contributed by atoms with van der Waals surface area (Å²) in [5, 5.41) is 0. The molecule has 0 saturated carbocycles. The van der Waals surface area contributed by atoms with Crippen molar-refractivity contribution < 1.29 is 9.47 Å². The molecule has 0 aromatic heterocycles. The highest BCUT2D eigenvalue weighted by molar-refractivity contribution is 5.35. The first-order valence-electron chi connectivity index (χ1n) is 7.63. The number of hydrogen-bond acceptors (Lipinski definition) is 4. The SMILES string of the molecule is COCCCN(CCOC)C(CN)c1cccc(C)c1C. The van der Waals surface area contributed by atoms with Gasteiger partial charge in [-0.15, -0.1) is 0 Å². The first kappa shape index (κ1) is 18.1. The van der Waals surface area contributed by atoms with Crippen molar-refractivity contribution in [3.05, 3.63) is 34.9 Å². The molecule has 0 bridgehead atoms. The second kappa shape index (κ2) is 9.90. The Kier molecular flexibility index (Phi) is 8.54. The molecule has 4 nitrogen and oxygen atoms in total. The second-order valence-electron chi connectivity index (χ2n) is 5.42. The van der Waals surface area contributed by atoms with Crippen LogP contribution in [-0.2, 0) is 9.47 Å². The fourth-order valence-corrected chi connectivity index (χ4v) is 2.65. The molecular weight excluding hydrogens is 264 g/mol. The van der Waals surface area contributed by atoms with Gasteiger partial charge in [0, 0.05) is 46.5 Å². The minimum Gasteiger partial charge on any atom is -0.385 e. The topological polar surface area (TPSA) is 47.7 Å². The lowest BCUT2D eigenvalue weighted by Gasteiger charge is -2.32. The molecule has 0 aliphatic rings. The third-order valence-corrected chi connectivity index (χ3v) is 4.05. The van der Waals surface area contributed by atoms with Crippen LogP contribution < -0.4 is 5.73 Å². The van der Waals surface area contributed by atoms with Gasteiger partial charge in [0.25, 0.3) is 0 Å². The number of methoxy groups -OCH3 is 2. The summed E-state index contributed by atoms with van der Waals surface area (Å²) in [6, 6.07) is 6.69. The Balaban J connectivity index is 2.90. The summed E-state index contributed by atoms with van der Waals surface area (Å²) in [6.45, 7) is 8.28. The molecule has 0 radical (unpaired) electrons. The Bertz CT molecular complexity index is 410. The minimum atomic E-state index is 0.233. The maximum Gasteiger partial charge on any atom is 0.0589 e. The summed E-state index contributed by atoms with van der Waals surface area (Å²) in [4.78, 5) is 2.41. The van der Waals surface area contributed by atoms with Gasteiger partial charge >= 0.3 is 0 Å². The molecule has 0 spiro atoms. The van der Waals surface area contributed by atoms with Gasteiger partial charge in [0.2, 0.25) is 0 Å². The maximum absolute atomic E-state index is 6.09. The van der Waals surface area contributed by atoms with Crippen LogP contribution >= 0.6 is 0 Å². The van der Waals surface area contributed by atoms with Crippen molar-refractivity contribution in [2.24, 2.45) is 5.73 Å².